The van der Waals surface area contributed by atoms with Gasteiger partial charge in [0, 0.05) is 36.0 Å². The Balaban J connectivity index is 3.09. The third kappa shape index (κ3) is 8.66. The molecule has 0 rings (SSSR count). The van der Waals surface area contributed by atoms with Crippen molar-refractivity contribution in [2.45, 2.75) is 31.4 Å². The van der Waals surface area contributed by atoms with Gasteiger partial charge in [-0.05, 0) is 32.4 Å². The molecule has 0 aromatic rings. The molecule has 0 fully saturated rings. The molecule has 0 aromatic carbocycles. The van der Waals surface area contributed by atoms with Crippen LogP contribution in [0.4, 0.5) is 0 Å². The molecular weight excluding hydrogens is 198 g/mol. The van der Waals surface area contributed by atoms with E-state index >= 15 is 0 Å². The molecular formula is C10H23NO2S. The van der Waals surface area contributed by atoms with Crippen LogP contribution in [0.3, 0.4) is 0 Å². The minimum Gasteiger partial charge on any atom is -0.385 e. The Morgan fingerprint density at radius 1 is 1.36 bits per heavy atom. The lowest BCUT2D eigenvalue weighted by Crippen LogP contribution is -2.22. The Kier molecular flexibility index (Phi) is 9.67. The van der Waals surface area contributed by atoms with Crippen LogP contribution >= 0.6 is 0 Å². The fourth-order valence-electron chi connectivity index (χ4n) is 1.09. The molecule has 0 radical (unpaired) electrons. The van der Waals surface area contributed by atoms with Gasteiger partial charge in [-0.2, -0.15) is 0 Å². The Morgan fingerprint density at radius 2 is 2.07 bits per heavy atom. The first-order chi connectivity index (χ1) is 6.68. The van der Waals surface area contributed by atoms with Crippen molar-refractivity contribution in [3.05, 3.63) is 0 Å². The van der Waals surface area contributed by atoms with E-state index in [9.17, 15) is 4.21 Å². The lowest BCUT2D eigenvalue weighted by Gasteiger charge is -2.08. The molecule has 0 spiro atoms. The summed E-state index contributed by atoms with van der Waals surface area (Å²) in [6.07, 6.45) is 5.02. The monoisotopic (exact) mass is 221 g/mol. The number of rotatable bonds is 9. The van der Waals surface area contributed by atoms with Gasteiger partial charge in [-0.1, -0.05) is 6.92 Å². The van der Waals surface area contributed by atoms with Gasteiger partial charge in [0.2, 0.25) is 0 Å². The highest BCUT2D eigenvalue weighted by molar-refractivity contribution is 7.84. The summed E-state index contributed by atoms with van der Waals surface area (Å²) in [5, 5.41) is 3.65. The molecule has 0 aliphatic rings. The maximum absolute atomic E-state index is 11.0. The number of hydrogen-bond acceptors (Lipinski definition) is 3. The Hall–Kier alpha value is 0.0700. The van der Waals surface area contributed by atoms with E-state index in [-0.39, 0.29) is 0 Å². The smallest absolute Gasteiger partial charge is 0.0462 e. The summed E-state index contributed by atoms with van der Waals surface area (Å²) in [4.78, 5) is 0. The zero-order valence-corrected chi connectivity index (χ0v) is 10.4. The molecule has 3 nitrogen and oxygen atoms in total. The zero-order chi connectivity index (χ0) is 10.8. The molecule has 0 bridgehead atoms. The average molecular weight is 221 g/mol. The average Bonchev–Trinajstić information content (AvgIpc) is 2.16. The number of ether oxygens (including phenoxy) is 1. The molecule has 0 aliphatic carbocycles. The van der Waals surface area contributed by atoms with Crippen LogP contribution in [-0.2, 0) is 15.5 Å². The van der Waals surface area contributed by atoms with E-state index in [4.69, 9.17) is 4.74 Å². The largest absolute Gasteiger partial charge is 0.385 e. The third-order valence-electron chi connectivity index (χ3n) is 2.25. The first kappa shape index (κ1) is 14.1. The SMILES string of the molecule is COCCCCNCCC(C)S(C)=O. The summed E-state index contributed by atoms with van der Waals surface area (Å²) in [6.45, 7) is 4.87. The van der Waals surface area contributed by atoms with E-state index < -0.39 is 10.8 Å². The van der Waals surface area contributed by atoms with Crippen molar-refractivity contribution in [1.82, 2.24) is 5.32 Å². The second-order valence-corrected chi connectivity index (χ2v) is 5.35. The van der Waals surface area contributed by atoms with Gasteiger partial charge in [0.1, 0.15) is 0 Å². The summed E-state index contributed by atoms with van der Waals surface area (Å²) < 4.78 is 16.0. The fraction of sp³-hybridized carbons (Fsp3) is 1.00. The summed E-state index contributed by atoms with van der Waals surface area (Å²) >= 11 is 0. The predicted molar refractivity (Wildman–Crippen MR) is 62.1 cm³/mol. The van der Waals surface area contributed by atoms with Crippen molar-refractivity contribution in [3.8, 4) is 0 Å². The number of nitrogens with one attached hydrogen (secondary N) is 1. The maximum Gasteiger partial charge on any atom is 0.0462 e. The molecule has 4 heteroatoms. The molecule has 14 heavy (non-hydrogen) atoms. The van der Waals surface area contributed by atoms with Crippen molar-refractivity contribution in [2.24, 2.45) is 0 Å². The maximum atomic E-state index is 11.0. The quantitative estimate of drug-likeness (QED) is 0.594. The first-order valence-electron chi connectivity index (χ1n) is 5.20. The number of methoxy groups -OCH3 is 1. The highest BCUT2D eigenvalue weighted by atomic mass is 32.2. The van der Waals surface area contributed by atoms with Crippen molar-refractivity contribution in [1.29, 1.82) is 0 Å². The van der Waals surface area contributed by atoms with Crippen LogP contribution in [0.1, 0.15) is 26.2 Å². The van der Waals surface area contributed by atoms with Gasteiger partial charge in [0.15, 0.2) is 0 Å². The van der Waals surface area contributed by atoms with E-state index in [1.165, 1.54) is 0 Å². The summed E-state index contributed by atoms with van der Waals surface area (Å²) in [6, 6.07) is 0. The van der Waals surface area contributed by atoms with Crippen molar-refractivity contribution >= 4 is 10.8 Å². The molecule has 0 aromatic heterocycles. The van der Waals surface area contributed by atoms with Crippen molar-refractivity contribution < 1.29 is 8.95 Å². The molecule has 0 amide bonds. The lowest BCUT2D eigenvalue weighted by molar-refractivity contribution is 0.192. The van der Waals surface area contributed by atoms with Gasteiger partial charge in [-0.3, -0.25) is 4.21 Å². The molecule has 0 aliphatic heterocycles. The summed E-state index contributed by atoms with van der Waals surface area (Å²) in [5.74, 6) is 0. The van der Waals surface area contributed by atoms with Gasteiger partial charge in [0.25, 0.3) is 0 Å². The topological polar surface area (TPSA) is 38.3 Å². The van der Waals surface area contributed by atoms with Gasteiger partial charge in [-0.25, -0.2) is 0 Å². The molecule has 86 valence electrons. The minimum absolute atomic E-state index is 0.307. The Morgan fingerprint density at radius 3 is 2.64 bits per heavy atom. The molecule has 2 unspecified atom stereocenters. The van der Waals surface area contributed by atoms with Crippen LogP contribution in [0.25, 0.3) is 0 Å². The van der Waals surface area contributed by atoms with Crippen LogP contribution in [0.15, 0.2) is 0 Å². The normalized spacial score (nSPS) is 15.4. The van der Waals surface area contributed by atoms with Crippen LogP contribution < -0.4 is 5.32 Å². The Bertz CT molecular complexity index is 153. The van der Waals surface area contributed by atoms with Crippen LogP contribution in [0.5, 0.6) is 0 Å². The van der Waals surface area contributed by atoms with Gasteiger partial charge in [0.05, 0.1) is 0 Å². The Labute approximate surface area is 90.1 Å². The van der Waals surface area contributed by atoms with Crippen molar-refractivity contribution in [3.63, 3.8) is 0 Å². The minimum atomic E-state index is -0.681. The van der Waals surface area contributed by atoms with Crippen LogP contribution in [-0.4, -0.2) is 42.5 Å². The molecule has 2 atom stereocenters. The number of unbranched alkanes of at least 4 members (excludes halogenated alkanes) is 1. The molecule has 0 heterocycles. The van der Waals surface area contributed by atoms with Gasteiger partial charge in [-0.15, -0.1) is 0 Å². The van der Waals surface area contributed by atoms with E-state index in [2.05, 4.69) is 5.32 Å². The standard InChI is InChI=1S/C10H23NO2S/c1-10(14(3)12)6-8-11-7-4-5-9-13-2/h10-11H,4-9H2,1-3H3. The van der Waals surface area contributed by atoms with E-state index in [1.807, 2.05) is 6.92 Å². The molecule has 0 saturated heterocycles. The first-order valence-corrected chi connectivity index (χ1v) is 6.82. The lowest BCUT2D eigenvalue weighted by atomic mass is 10.3. The molecule has 0 saturated carbocycles. The van der Waals surface area contributed by atoms with Crippen LogP contribution in [0.2, 0.25) is 0 Å². The summed E-state index contributed by atoms with van der Waals surface area (Å²) in [7, 11) is 1.05. The van der Waals surface area contributed by atoms with E-state index in [0.717, 1.165) is 39.0 Å². The summed E-state index contributed by atoms with van der Waals surface area (Å²) in [5.41, 5.74) is 0. The highest BCUT2D eigenvalue weighted by Gasteiger charge is 2.04. The second kappa shape index (κ2) is 9.62. The predicted octanol–water partition coefficient (Wildman–Crippen LogP) is 1.16. The second-order valence-electron chi connectivity index (χ2n) is 3.55. The fourth-order valence-corrected chi connectivity index (χ4v) is 1.54. The molecule has 1 N–H and O–H groups in total. The third-order valence-corrected chi connectivity index (χ3v) is 3.62. The van der Waals surface area contributed by atoms with Gasteiger partial charge < -0.3 is 10.1 Å². The highest BCUT2D eigenvalue weighted by Crippen LogP contribution is 1.97. The van der Waals surface area contributed by atoms with Crippen LogP contribution in [0, 0.1) is 0 Å². The zero-order valence-electron chi connectivity index (χ0n) is 9.54. The van der Waals surface area contributed by atoms with Gasteiger partial charge >= 0.3 is 0 Å². The van der Waals surface area contributed by atoms with E-state index in [1.54, 1.807) is 13.4 Å². The number of hydrogen-bond donors (Lipinski definition) is 1. The van der Waals surface area contributed by atoms with Crippen molar-refractivity contribution in [2.75, 3.05) is 33.1 Å². The van der Waals surface area contributed by atoms with E-state index in [0.29, 0.717) is 5.25 Å².